The third-order valence-corrected chi connectivity index (χ3v) is 5.25. The van der Waals surface area contributed by atoms with Crippen LogP contribution in [-0.4, -0.2) is 34.7 Å². The van der Waals surface area contributed by atoms with Crippen molar-refractivity contribution in [3.8, 4) is 11.5 Å². The lowest BCUT2D eigenvalue weighted by atomic mass is 9.89. The molecule has 1 N–H and O–H groups in total. The molecule has 1 amide bonds. The summed E-state index contributed by atoms with van der Waals surface area (Å²) in [5, 5.41) is 0. The van der Waals surface area contributed by atoms with Crippen LogP contribution < -0.4 is 10.3 Å². The number of para-hydroxylation sites is 1. The van der Waals surface area contributed by atoms with E-state index in [0.29, 0.717) is 24.4 Å². The minimum atomic E-state index is -0.412. The standard InChI is InChI=1S/C24H22N2O4/c27-22(17-10-12-20(13-11-17)30-19-7-2-1-3-8-19)18-6-5-15-26(16-18)24(29)21-9-4-14-25-23(21)28/h1-4,7-14,18H,5-6,15-16H2,(H,25,28). The first-order chi connectivity index (χ1) is 14.6. The Morgan fingerprint density at radius 1 is 0.933 bits per heavy atom. The molecule has 6 heteroatoms. The monoisotopic (exact) mass is 402 g/mol. The predicted octanol–water partition coefficient (Wildman–Crippen LogP) is 3.90. The molecule has 2 aromatic carbocycles. The van der Waals surface area contributed by atoms with E-state index in [1.165, 1.54) is 12.3 Å². The Kier molecular flexibility index (Phi) is 5.75. The molecule has 3 aromatic rings. The van der Waals surface area contributed by atoms with Crippen LogP contribution in [0.15, 0.2) is 77.7 Å². The van der Waals surface area contributed by atoms with E-state index in [4.69, 9.17) is 4.74 Å². The Bertz CT molecular complexity index is 1090. The number of amides is 1. The number of carbonyl (C=O) groups excluding carboxylic acids is 2. The molecule has 30 heavy (non-hydrogen) atoms. The van der Waals surface area contributed by atoms with Crippen LogP contribution >= 0.6 is 0 Å². The van der Waals surface area contributed by atoms with Gasteiger partial charge in [-0.15, -0.1) is 0 Å². The summed E-state index contributed by atoms with van der Waals surface area (Å²) in [6, 6.07) is 19.6. The van der Waals surface area contributed by atoms with Gasteiger partial charge in [-0.25, -0.2) is 0 Å². The Hall–Kier alpha value is -3.67. The van der Waals surface area contributed by atoms with E-state index in [2.05, 4.69) is 4.98 Å². The molecule has 1 atom stereocenters. The normalized spacial score (nSPS) is 16.1. The molecule has 2 heterocycles. The van der Waals surface area contributed by atoms with Gasteiger partial charge in [-0.3, -0.25) is 14.4 Å². The maximum absolute atomic E-state index is 13.0. The molecule has 1 aliphatic heterocycles. The quantitative estimate of drug-likeness (QED) is 0.657. The number of ether oxygens (including phenoxy) is 1. The largest absolute Gasteiger partial charge is 0.457 e. The molecule has 1 unspecified atom stereocenters. The lowest BCUT2D eigenvalue weighted by Gasteiger charge is -2.32. The van der Waals surface area contributed by atoms with Gasteiger partial charge in [0.05, 0.1) is 0 Å². The summed E-state index contributed by atoms with van der Waals surface area (Å²) in [4.78, 5) is 41.8. The van der Waals surface area contributed by atoms with Crippen molar-refractivity contribution in [3.63, 3.8) is 0 Å². The number of hydrogen-bond acceptors (Lipinski definition) is 4. The second-order valence-electron chi connectivity index (χ2n) is 7.31. The van der Waals surface area contributed by atoms with E-state index >= 15 is 0 Å². The lowest BCUT2D eigenvalue weighted by Crippen LogP contribution is -2.43. The Morgan fingerprint density at radius 3 is 2.40 bits per heavy atom. The predicted molar refractivity (Wildman–Crippen MR) is 113 cm³/mol. The number of nitrogens with one attached hydrogen (secondary N) is 1. The summed E-state index contributed by atoms with van der Waals surface area (Å²) in [7, 11) is 0. The highest BCUT2D eigenvalue weighted by Crippen LogP contribution is 2.25. The Balaban J connectivity index is 1.43. The zero-order valence-corrected chi connectivity index (χ0v) is 16.4. The average molecular weight is 402 g/mol. The maximum atomic E-state index is 13.0. The van der Waals surface area contributed by atoms with E-state index in [-0.39, 0.29) is 23.2 Å². The Morgan fingerprint density at radius 2 is 1.67 bits per heavy atom. The van der Waals surface area contributed by atoms with Crippen LogP contribution in [0.2, 0.25) is 0 Å². The molecular weight excluding hydrogens is 380 g/mol. The highest BCUT2D eigenvalue weighted by atomic mass is 16.5. The first-order valence-corrected chi connectivity index (χ1v) is 9.96. The molecule has 0 aliphatic carbocycles. The molecule has 1 saturated heterocycles. The van der Waals surface area contributed by atoms with Crippen LogP contribution in [0.1, 0.15) is 33.6 Å². The fraction of sp³-hybridized carbons (Fsp3) is 0.208. The highest BCUT2D eigenvalue weighted by molar-refractivity contribution is 5.99. The lowest BCUT2D eigenvalue weighted by molar-refractivity contribution is 0.0635. The SMILES string of the molecule is O=C(c1ccc(Oc2ccccc2)cc1)C1CCCN(C(=O)c2ccc[nH]c2=O)C1. The number of aromatic amines is 1. The van der Waals surface area contributed by atoms with Crippen LogP contribution in [-0.2, 0) is 0 Å². The number of nitrogens with zero attached hydrogens (tertiary/aromatic N) is 1. The fourth-order valence-electron chi connectivity index (χ4n) is 3.68. The number of rotatable bonds is 5. The van der Waals surface area contributed by atoms with E-state index in [1.54, 1.807) is 35.2 Å². The van der Waals surface area contributed by atoms with Crippen molar-refractivity contribution in [1.29, 1.82) is 0 Å². The Labute approximate surface area is 174 Å². The zero-order valence-electron chi connectivity index (χ0n) is 16.4. The van der Waals surface area contributed by atoms with Gasteiger partial charge in [0.1, 0.15) is 17.1 Å². The number of pyridine rings is 1. The number of hydrogen-bond donors (Lipinski definition) is 1. The van der Waals surface area contributed by atoms with Crippen molar-refractivity contribution in [3.05, 3.63) is 94.4 Å². The van der Waals surface area contributed by atoms with Gasteiger partial charge in [0, 0.05) is 30.8 Å². The van der Waals surface area contributed by atoms with Gasteiger partial charge in [0.2, 0.25) is 0 Å². The number of aromatic nitrogens is 1. The number of H-pyrrole nitrogens is 1. The first kappa shape index (κ1) is 19.6. The second-order valence-corrected chi connectivity index (χ2v) is 7.31. The summed E-state index contributed by atoms with van der Waals surface area (Å²) in [6.07, 6.45) is 2.94. The molecule has 0 radical (unpaired) electrons. The summed E-state index contributed by atoms with van der Waals surface area (Å²) >= 11 is 0. The molecule has 0 spiro atoms. The fourth-order valence-corrected chi connectivity index (χ4v) is 3.68. The van der Waals surface area contributed by atoms with Gasteiger partial charge in [-0.2, -0.15) is 0 Å². The van der Waals surface area contributed by atoms with Gasteiger partial charge >= 0.3 is 0 Å². The minimum absolute atomic E-state index is 0.000678. The first-order valence-electron chi connectivity index (χ1n) is 9.96. The second kappa shape index (κ2) is 8.78. The number of carbonyl (C=O) groups is 2. The van der Waals surface area contributed by atoms with E-state index in [0.717, 1.165) is 18.6 Å². The molecule has 0 bridgehead atoms. The van der Waals surface area contributed by atoms with Crippen LogP contribution in [0, 0.1) is 5.92 Å². The topological polar surface area (TPSA) is 79.5 Å². The maximum Gasteiger partial charge on any atom is 0.260 e. The van der Waals surface area contributed by atoms with Gasteiger partial charge < -0.3 is 14.6 Å². The molecule has 4 rings (SSSR count). The zero-order chi connectivity index (χ0) is 20.9. The van der Waals surface area contributed by atoms with Crippen LogP contribution in [0.25, 0.3) is 0 Å². The molecule has 1 aliphatic rings. The van der Waals surface area contributed by atoms with Crippen LogP contribution in [0.4, 0.5) is 0 Å². The number of ketones is 1. The summed E-state index contributed by atoms with van der Waals surface area (Å²) in [6.45, 7) is 0.856. The van der Waals surface area contributed by atoms with Crippen molar-refractivity contribution in [2.75, 3.05) is 13.1 Å². The van der Waals surface area contributed by atoms with Crippen molar-refractivity contribution in [2.24, 2.45) is 5.92 Å². The highest BCUT2D eigenvalue weighted by Gasteiger charge is 2.30. The van der Waals surface area contributed by atoms with Crippen molar-refractivity contribution >= 4 is 11.7 Å². The molecule has 1 aromatic heterocycles. The smallest absolute Gasteiger partial charge is 0.260 e. The van der Waals surface area contributed by atoms with Crippen molar-refractivity contribution < 1.29 is 14.3 Å². The van der Waals surface area contributed by atoms with Gasteiger partial charge in [0.15, 0.2) is 5.78 Å². The van der Waals surface area contributed by atoms with Gasteiger partial charge in [0.25, 0.3) is 11.5 Å². The van der Waals surface area contributed by atoms with Crippen LogP contribution in [0.3, 0.4) is 0 Å². The summed E-state index contributed by atoms with van der Waals surface area (Å²) in [5.41, 5.74) is 0.283. The van der Waals surface area contributed by atoms with Gasteiger partial charge in [-0.1, -0.05) is 18.2 Å². The average Bonchev–Trinajstić information content (AvgIpc) is 2.80. The van der Waals surface area contributed by atoms with Crippen molar-refractivity contribution in [2.45, 2.75) is 12.8 Å². The van der Waals surface area contributed by atoms with E-state index in [1.807, 2.05) is 30.3 Å². The van der Waals surface area contributed by atoms with Crippen LogP contribution in [0.5, 0.6) is 11.5 Å². The van der Waals surface area contributed by atoms with E-state index in [9.17, 15) is 14.4 Å². The number of Topliss-reactive ketones (excluding diaryl/α,β-unsaturated/α-hetero) is 1. The summed E-state index contributed by atoms with van der Waals surface area (Å²) in [5.74, 6) is 0.767. The number of benzene rings is 2. The molecule has 6 nitrogen and oxygen atoms in total. The molecular formula is C24H22N2O4. The molecule has 0 saturated carbocycles. The van der Waals surface area contributed by atoms with Gasteiger partial charge in [-0.05, 0) is 61.4 Å². The molecule has 1 fully saturated rings. The molecule has 152 valence electrons. The van der Waals surface area contributed by atoms with E-state index < -0.39 is 5.56 Å². The number of likely N-dealkylation sites (tertiary alicyclic amines) is 1. The third kappa shape index (κ3) is 4.33. The third-order valence-electron chi connectivity index (χ3n) is 5.25. The minimum Gasteiger partial charge on any atom is -0.457 e. The van der Waals surface area contributed by atoms with Crippen molar-refractivity contribution in [1.82, 2.24) is 9.88 Å². The number of piperidine rings is 1. The summed E-state index contributed by atoms with van der Waals surface area (Å²) < 4.78 is 5.77.